The van der Waals surface area contributed by atoms with Crippen molar-refractivity contribution in [1.82, 2.24) is 20.1 Å². The van der Waals surface area contributed by atoms with Crippen LogP contribution < -0.4 is 16.7 Å². The molecule has 0 unspecified atom stereocenters. The third-order valence-electron chi connectivity index (χ3n) is 4.74. The summed E-state index contributed by atoms with van der Waals surface area (Å²) in [5.74, 6) is -0.0904. The molecule has 9 nitrogen and oxygen atoms in total. The highest BCUT2D eigenvalue weighted by Gasteiger charge is 2.19. The van der Waals surface area contributed by atoms with E-state index in [1.54, 1.807) is 30.3 Å². The Labute approximate surface area is 173 Å². The molecule has 9 heteroatoms. The molecule has 3 rings (SSSR count). The zero-order valence-electron chi connectivity index (χ0n) is 16.8. The van der Waals surface area contributed by atoms with Gasteiger partial charge in [-0.15, -0.1) is 0 Å². The van der Waals surface area contributed by atoms with Crippen LogP contribution in [0.3, 0.4) is 0 Å². The molecular formula is C21H25N5O4. The van der Waals surface area contributed by atoms with Gasteiger partial charge in [-0.2, -0.15) is 5.10 Å². The van der Waals surface area contributed by atoms with Crippen LogP contribution in [0.5, 0.6) is 11.5 Å². The van der Waals surface area contributed by atoms with E-state index in [9.17, 15) is 19.8 Å². The molecule has 0 bridgehead atoms. The van der Waals surface area contributed by atoms with E-state index in [4.69, 9.17) is 5.73 Å². The van der Waals surface area contributed by atoms with Crippen molar-refractivity contribution < 1.29 is 15.0 Å². The lowest BCUT2D eigenvalue weighted by atomic mass is 9.98. The lowest BCUT2D eigenvalue weighted by Gasteiger charge is -2.13. The molecule has 0 fully saturated rings. The Morgan fingerprint density at radius 2 is 1.90 bits per heavy atom. The fourth-order valence-electron chi connectivity index (χ4n) is 3.14. The minimum Gasteiger partial charge on any atom is -0.508 e. The number of amides is 1. The first-order chi connectivity index (χ1) is 14.3. The van der Waals surface area contributed by atoms with E-state index >= 15 is 0 Å². The number of aromatic amines is 1. The summed E-state index contributed by atoms with van der Waals surface area (Å²) in [4.78, 5) is 24.0. The zero-order valence-corrected chi connectivity index (χ0v) is 16.8. The number of nitrogens with one attached hydrogen (secondary N) is 2. The fourth-order valence-corrected chi connectivity index (χ4v) is 3.14. The maximum absolute atomic E-state index is 12.4. The first-order valence-corrected chi connectivity index (χ1v) is 9.61. The van der Waals surface area contributed by atoms with Crippen LogP contribution in [0.25, 0.3) is 17.1 Å². The van der Waals surface area contributed by atoms with Crippen molar-refractivity contribution in [3.8, 4) is 28.6 Å². The fraction of sp³-hybridized carbons (Fsp3) is 0.286. The molecule has 0 aliphatic heterocycles. The van der Waals surface area contributed by atoms with Gasteiger partial charge in [0, 0.05) is 25.6 Å². The molecule has 0 radical (unpaired) electrons. The van der Waals surface area contributed by atoms with Gasteiger partial charge >= 0.3 is 5.69 Å². The first-order valence-electron chi connectivity index (χ1n) is 9.61. The average Bonchev–Trinajstić information content (AvgIpc) is 3.08. The van der Waals surface area contributed by atoms with Crippen LogP contribution in [0, 0.1) is 0 Å². The number of aromatic hydroxyl groups is 2. The summed E-state index contributed by atoms with van der Waals surface area (Å²) in [6.45, 7) is 4.47. The Bertz CT molecular complexity index is 1100. The second-order valence-electron chi connectivity index (χ2n) is 7.25. The summed E-state index contributed by atoms with van der Waals surface area (Å²) in [5, 5.41) is 29.7. The van der Waals surface area contributed by atoms with Crippen molar-refractivity contribution in [3.63, 3.8) is 0 Å². The average molecular weight is 411 g/mol. The summed E-state index contributed by atoms with van der Waals surface area (Å²) in [6.07, 6.45) is 0.264. The maximum atomic E-state index is 12.4. The highest BCUT2D eigenvalue weighted by Crippen LogP contribution is 2.37. The number of H-pyrrole nitrogens is 1. The highest BCUT2D eigenvalue weighted by atomic mass is 16.3. The molecule has 1 heterocycles. The van der Waals surface area contributed by atoms with Gasteiger partial charge in [0.2, 0.25) is 5.91 Å². The van der Waals surface area contributed by atoms with Crippen molar-refractivity contribution in [2.24, 2.45) is 5.73 Å². The summed E-state index contributed by atoms with van der Waals surface area (Å²) < 4.78 is 1.34. The van der Waals surface area contributed by atoms with E-state index in [-0.39, 0.29) is 35.6 Å². The molecule has 30 heavy (non-hydrogen) atoms. The minimum atomic E-state index is -0.465. The van der Waals surface area contributed by atoms with Gasteiger partial charge in [-0.25, -0.2) is 14.5 Å². The predicted octanol–water partition coefficient (Wildman–Crippen LogP) is 1.73. The van der Waals surface area contributed by atoms with Gasteiger partial charge in [0.1, 0.15) is 11.5 Å². The maximum Gasteiger partial charge on any atom is 0.348 e. The standard InChI is InChI=1S/C21H25N5O4/c1-12(2)15-9-16(18(28)10-17(15)27)20-24-25-21(30)26(20)14-5-3-13(4-6-14)11-23-19(29)7-8-22/h3-6,9-10,12,27-28H,7-8,11,22H2,1-2H3,(H,23,29)(H,25,30). The number of phenolic OH excluding ortho intramolecular Hbond substituents is 2. The molecular weight excluding hydrogens is 386 g/mol. The van der Waals surface area contributed by atoms with Gasteiger partial charge in [-0.3, -0.25) is 4.79 Å². The molecule has 0 aliphatic carbocycles. The van der Waals surface area contributed by atoms with Gasteiger partial charge in [-0.05, 0) is 35.2 Å². The molecule has 0 spiro atoms. The Morgan fingerprint density at radius 1 is 1.20 bits per heavy atom. The van der Waals surface area contributed by atoms with Crippen LogP contribution in [0.15, 0.2) is 41.2 Å². The molecule has 6 N–H and O–H groups in total. The smallest absolute Gasteiger partial charge is 0.348 e. The van der Waals surface area contributed by atoms with Crippen molar-refractivity contribution in [3.05, 3.63) is 58.0 Å². The van der Waals surface area contributed by atoms with E-state index in [0.29, 0.717) is 29.9 Å². The van der Waals surface area contributed by atoms with Crippen LogP contribution >= 0.6 is 0 Å². The monoisotopic (exact) mass is 411 g/mol. The SMILES string of the molecule is CC(C)c1cc(-c2n[nH]c(=O)n2-c2ccc(CNC(=O)CCN)cc2)c(O)cc1O. The number of hydrogen-bond donors (Lipinski definition) is 5. The second kappa shape index (κ2) is 8.83. The van der Waals surface area contributed by atoms with E-state index in [0.717, 1.165) is 5.56 Å². The Balaban J connectivity index is 1.95. The van der Waals surface area contributed by atoms with E-state index in [2.05, 4.69) is 15.5 Å². The number of aromatic nitrogens is 3. The molecule has 1 amide bonds. The first kappa shape index (κ1) is 21.1. The lowest BCUT2D eigenvalue weighted by Crippen LogP contribution is -2.25. The highest BCUT2D eigenvalue weighted by molar-refractivity contribution is 5.76. The lowest BCUT2D eigenvalue weighted by molar-refractivity contribution is -0.121. The minimum absolute atomic E-state index is 0.0113. The number of carbonyl (C=O) groups is 1. The Morgan fingerprint density at radius 3 is 2.53 bits per heavy atom. The van der Waals surface area contributed by atoms with Crippen molar-refractivity contribution in [2.75, 3.05) is 6.54 Å². The summed E-state index contributed by atoms with van der Waals surface area (Å²) in [5.41, 5.74) is 7.25. The van der Waals surface area contributed by atoms with Crippen LogP contribution in [-0.4, -0.2) is 37.4 Å². The molecule has 158 valence electrons. The topological polar surface area (TPSA) is 146 Å². The normalized spacial score (nSPS) is 11.1. The summed E-state index contributed by atoms with van der Waals surface area (Å²) in [6, 6.07) is 9.91. The molecule has 0 atom stereocenters. The van der Waals surface area contributed by atoms with E-state index in [1.807, 2.05) is 13.8 Å². The van der Waals surface area contributed by atoms with Crippen LogP contribution in [-0.2, 0) is 11.3 Å². The number of rotatable bonds is 7. The molecule has 3 aromatic rings. The number of carbonyl (C=O) groups excluding carboxylic acids is 1. The number of phenols is 2. The van der Waals surface area contributed by atoms with E-state index in [1.165, 1.54) is 10.6 Å². The summed E-state index contributed by atoms with van der Waals surface area (Å²) in [7, 11) is 0. The Hall–Kier alpha value is -3.59. The van der Waals surface area contributed by atoms with Crippen molar-refractivity contribution in [2.45, 2.75) is 32.7 Å². The van der Waals surface area contributed by atoms with Crippen LogP contribution in [0.2, 0.25) is 0 Å². The molecule has 2 aromatic carbocycles. The molecule has 0 saturated carbocycles. The number of benzene rings is 2. The van der Waals surface area contributed by atoms with Gasteiger partial charge in [-0.1, -0.05) is 26.0 Å². The quantitative estimate of drug-likeness (QED) is 0.400. The van der Waals surface area contributed by atoms with E-state index < -0.39 is 5.69 Å². The van der Waals surface area contributed by atoms with Gasteiger partial charge in [0.05, 0.1) is 11.3 Å². The van der Waals surface area contributed by atoms with Crippen LogP contribution in [0.1, 0.15) is 37.3 Å². The van der Waals surface area contributed by atoms with Gasteiger partial charge in [0.25, 0.3) is 0 Å². The van der Waals surface area contributed by atoms with Crippen molar-refractivity contribution >= 4 is 5.91 Å². The number of nitrogens with zero attached hydrogens (tertiary/aromatic N) is 2. The van der Waals surface area contributed by atoms with Crippen molar-refractivity contribution in [1.29, 1.82) is 0 Å². The predicted molar refractivity (Wildman–Crippen MR) is 113 cm³/mol. The number of hydrogen-bond acceptors (Lipinski definition) is 6. The largest absolute Gasteiger partial charge is 0.508 e. The van der Waals surface area contributed by atoms with Crippen LogP contribution in [0.4, 0.5) is 0 Å². The molecule has 0 saturated heterocycles. The number of nitrogens with two attached hydrogens (primary N) is 1. The summed E-state index contributed by atoms with van der Waals surface area (Å²) >= 11 is 0. The third-order valence-corrected chi connectivity index (χ3v) is 4.74. The molecule has 1 aromatic heterocycles. The molecule has 0 aliphatic rings. The zero-order chi connectivity index (χ0) is 21.8. The third kappa shape index (κ3) is 4.36. The van der Waals surface area contributed by atoms with Gasteiger partial charge in [0.15, 0.2) is 5.82 Å². The van der Waals surface area contributed by atoms with Gasteiger partial charge < -0.3 is 21.3 Å². The second-order valence-corrected chi connectivity index (χ2v) is 7.25. The Kier molecular flexibility index (Phi) is 6.22.